The summed E-state index contributed by atoms with van der Waals surface area (Å²) in [6.07, 6.45) is 6.74. The second-order valence-electron chi connectivity index (χ2n) is 8.09. The van der Waals surface area contributed by atoms with Gasteiger partial charge in [-0.3, -0.25) is 9.59 Å². The maximum absolute atomic E-state index is 12.7. The van der Waals surface area contributed by atoms with Crippen LogP contribution in [0.1, 0.15) is 58.8 Å². The van der Waals surface area contributed by atoms with E-state index in [4.69, 9.17) is 4.74 Å². The van der Waals surface area contributed by atoms with Gasteiger partial charge in [-0.2, -0.15) is 0 Å². The van der Waals surface area contributed by atoms with Crippen LogP contribution in [0.15, 0.2) is 24.3 Å². The Balaban J connectivity index is 1.52. The first-order chi connectivity index (χ1) is 13.0. The van der Waals surface area contributed by atoms with Gasteiger partial charge in [0.1, 0.15) is 5.75 Å². The summed E-state index contributed by atoms with van der Waals surface area (Å²) in [6.45, 7) is 5.76. The molecular weight excluding hydrogens is 340 g/mol. The van der Waals surface area contributed by atoms with Crippen LogP contribution in [0.4, 0.5) is 5.69 Å². The van der Waals surface area contributed by atoms with Crippen molar-refractivity contribution in [3.05, 3.63) is 24.3 Å². The maximum atomic E-state index is 12.7. The summed E-state index contributed by atoms with van der Waals surface area (Å²) in [6, 6.07) is 7.56. The van der Waals surface area contributed by atoms with Gasteiger partial charge in [0.25, 0.3) is 0 Å². The van der Waals surface area contributed by atoms with E-state index in [0.29, 0.717) is 11.7 Å². The minimum atomic E-state index is -0.0255. The molecule has 0 aromatic heterocycles. The lowest BCUT2D eigenvalue weighted by molar-refractivity contribution is -0.138. The molecule has 0 atom stereocenters. The van der Waals surface area contributed by atoms with Crippen molar-refractivity contribution in [2.45, 2.75) is 64.9 Å². The fourth-order valence-corrected chi connectivity index (χ4v) is 4.14. The number of benzene rings is 1. The average molecular weight is 373 g/mol. The number of nitrogens with zero attached hydrogens (tertiary/aromatic N) is 1. The Kier molecular flexibility index (Phi) is 6.75. The smallest absolute Gasteiger partial charge is 0.227 e. The second-order valence-corrected chi connectivity index (χ2v) is 8.09. The van der Waals surface area contributed by atoms with Gasteiger partial charge >= 0.3 is 0 Å². The lowest BCUT2D eigenvalue weighted by atomic mass is 9.80. The highest BCUT2D eigenvalue weighted by molar-refractivity contribution is 5.94. The molecule has 5 nitrogen and oxygen atoms in total. The van der Waals surface area contributed by atoms with Crippen molar-refractivity contribution in [1.82, 2.24) is 4.90 Å². The van der Waals surface area contributed by atoms with Gasteiger partial charge in [-0.05, 0) is 70.9 Å². The van der Waals surface area contributed by atoms with Crippen LogP contribution in [-0.4, -0.2) is 35.9 Å². The number of carbonyl (C=O) groups excluding carboxylic acids is 2. The Hall–Kier alpha value is -2.04. The Morgan fingerprint density at radius 3 is 2.30 bits per heavy atom. The summed E-state index contributed by atoms with van der Waals surface area (Å²) in [7, 11) is 0. The Morgan fingerprint density at radius 2 is 1.63 bits per heavy atom. The summed E-state index contributed by atoms with van der Waals surface area (Å²) in [5.74, 6) is 1.13. The van der Waals surface area contributed by atoms with E-state index in [1.165, 1.54) is 6.42 Å². The van der Waals surface area contributed by atoms with Crippen LogP contribution in [0.2, 0.25) is 0 Å². The van der Waals surface area contributed by atoms with Crippen molar-refractivity contribution in [3.8, 4) is 5.75 Å². The van der Waals surface area contributed by atoms with Crippen molar-refractivity contribution in [1.29, 1.82) is 0 Å². The zero-order valence-electron chi connectivity index (χ0n) is 16.6. The number of ether oxygens (including phenoxy) is 1. The van der Waals surface area contributed by atoms with Crippen molar-refractivity contribution in [2.75, 3.05) is 18.4 Å². The van der Waals surface area contributed by atoms with Gasteiger partial charge in [0.2, 0.25) is 11.8 Å². The minimum absolute atomic E-state index is 0.0255. The van der Waals surface area contributed by atoms with E-state index in [0.717, 1.165) is 57.3 Å². The number of piperidine rings is 1. The third-order valence-corrected chi connectivity index (χ3v) is 5.62. The fourth-order valence-electron chi connectivity index (χ4n) is 4.14. The number of likely N-dealkylation sites (tertiary alicyclic amines) is 1. The molecule has 1 aliphatic carbocycles. The monoisotopic (exact) mass is 372 g/mol. The van der Waals surface area contributed by atoms with Crippen LogP contribution in [0.25, 0.3) is 0 Å². The van der Waals surface area contributed by atoms with Crippen LogP contribution in [0.5, 0.6) is 5.75 Å². The molecular formula is C22H32N2O3. The molecule has 1 saturated carbocycles. The molecule has 1 N–H and O–H groups in total. The van der Waals surface area contributed by atoms with Gasteiger partial charge in [0.05, 0.1) is 11.8 Å². The van der Waals surface area contributed by atoms with Crippen LogP contribution in [0.3, 0.4) is 0 Å². The molecule has 5 heteroatoms. The average Bonchev–Trinajstić information content (AvgIpc) is 2.69. The molecule has 0 radical (unpaired) electrons. The first-order valence-corrected chi connectivity index (χ1v) is 10.4. The van der Waals surface area contributed by atoms with Gasteiger partial charge in [0, 0.05) is 24.9 Å². The molecule has 1 aromatic carbocycles. The Morgan fingerprint density at radius 1 is 1.00 bits per heavy atom. The van der Waals surface area contributed by atoms with Gasteiger partial charge in [0.15, 0.2) is 0 Å². The summed E-state index contributed by atoms with van der Waals surface area (Å²) in [4.78, 5) is 27.4. The van der Waals surface area contributed by atoms with Gasteiger partial charge < -0.3 is 15.0 Å². The highest BCUT2D eigenvalue weighted by Crippen LogP contribution is 2.33. The standard InChI is InChI=1S/C22H32N2O3/c1-16(2)27-20-9-5-4-8-19(20)23-21(25)17-10-12-18(13-11-17)22(26)24-14-6-3-7-15-24/h4-5,8-9,16-18H,3,6-7,10-15H2,1-2H3,(H,23,25). The Labute approximate surface area is 162 Å². The predicted molar refractivity (Wildman–Crippen MR) is 107 cm³/mol. The molecule has 0 spiro atoms. The van der Waals surface area contributed by atoms with Crippen LogP contribution < -0.4 is 10.1 Å². The van der Waals surface area contributed by atoms with E-state index in [1.54, 1.807) is 0 Å². The van der Waals surface area contributed by atoms with E-state index in [-0.39, 0.29) is 23.8 Å². The normalized spacial score (nSPS) is 23.1. The minimum Gasteiger partial charge on any atom is -0.489 e. The van der Waals surface area contributed by atoms with Crippen LogP contribution >= 0.6 is 0 Å². The number of hydrogen-bond donors (Lipinski definition) is 1. The van der Waals surface area contributed by atoms with Crippen molar-refractivity contribution in [2.24, 2.45) is 11.8 Å². The third kappa shape index (κ3) is 5.24. The molecule has 0 unspecified atom stereocenters. The summed E-state index contributed by atoms with van der Waals surface area (Å²) in [5.41, 5.74) is 0.725. The van der Waals surface area contributed by atoms with E-state index >= 15 is 0 Å². The molecule has 1 aliphatic heterocycles. The van der Waals surface area contributed by atoms with Crippen molar-refractivity contribution in [3.63, 3.8) is 0 Å². The number of hydrogen-bond acceptors (Lipinski definition) is 3. The maximum Gasteiger partial charge on any atom is 0.227 e. The van der Waals surface area contributed by atoms with Gasteiger partial charge in [-0.15, -0.1) is 0 Å². The molecule has 2 amide bonds. The first kappa shape index (κ1) is 19.7. The lowest BCUT2D eigenvalue weighted by Crippen LogP contribution is -2.41. The number of para-hydroxylation sites is 2. The molecule has 1 saturated heterocycles. The van der Waals surface area contributed by atoms with E-state index in [2.05, 4.69) is 5.32 Å². The van der Waals surface area contributed by atoms with Crippen molar-refractivity contribution >= 4 is 17.5 Å². The molecule has 27 heavy (non-hydrogen) atoms. The molecule has 0 bridgehead atoms. The molecule has 3 rings (SSSR count). The number of amides is 2. The topological polar surface area (TPSA) is 58.6 Å². The number of nitrogens with one attached hydrogen (secondary N) is 1. The van der Waals surface area contributed by atoms with Crippen LogP contribution in [-0.2, 0) is 9.59 Å². The van der Waals surface area contributed by atoms with E-state index in [1.807, 2.05) is 43.0 Å². The number of rotatable bonds is 5. The summed E-state index contributed by atoms with van der Waals surface area (Å²) >= 11 is 0. The first-order valence-electron chi connectivity index (χ1n) is 10.4. The zero-order valence-corrected chi connectivity index (χ0v) is 16.6. The molecule has 148 valence electrons. The summed E-state index contributed by atoms with van der Waals surface area (Å²) < 4.78 is 5.78. The third-order valence-electron chi connectivity index (χ3n) is 5.62. The summed E-state index contributed by atoms with van der Waals surface area (Å²) in [5, 5.41) is 3.03. The molecule has 2 aliphatic rings. The SMILES string of the molecule is CC(C)Oc1ccccc1NC(=O)C1CCC(C(=O)N2CCCCC2)CC1. The number of carbonyl (C=O) groups is 2. The largest absolute Gasteiger partial charge is 0.489 e. The lowest BCUT2D eigenvalue weighted by Gasteiger charge is -2.33. The Bertz CT molecular complexity index is 645. The van der Waals surface area contributed by atoms with Gasteiger partial charge in [-0.1, -0.05) is 12.1 Å². The molecule has 2 fully saturated rings. The van der Waals surface area contributed by atoms with E-state index in [9.17, 15) is 9.59 Å². The predicted octanol–water partition coefficient (Wildman–Crippen LogP) is 4.23. The number of anilines is 1. The second kappa shape index (κ2) is 9.25. The quantitative estimate of drug-likeness (QED) is 0.841. The molecule has 1 aromatic rings. The van der Waals surface area contributed by atoms with E-state index < -0.39 is 0 Å². The van der Waals surface area contributed by atoms with Gasteiger partial charge in [-0.25, -0.2) is 0 Å². The molecule has 1 heterocycles. The highest BCUT2D eigenvalue weighted by Gasteiger charge is 2.32. The zero-order chi connectivity index (χ0) is 19.2. The fraction of sp³-hybridized carbons (Fsp3) is 0.636. The highest BCUT2D eigenvalue weighted by atomic mass is 16.5. The van der Waals surface area contributed by atoms with Crippen LogP contribution in [0, 0.1) is 11.8 Å². The van der Waals surface area contributed by atoms with Crippen molar-refractivity contribution < 1.29 is 14.3 Å².